The second-order valence-corrected chi connectivity index (χ2v) is 5.89. The molecule has 5 nitrogen and oxygen atoms in total. The number of amides is 2. The van der Waals surface area contributed by atoms with Crippen molar-refractivity contribution in [3.63, 3.8) is 0 Å². The zero-order valence-electron chi connectivity index (χ0n) is 13.7. The summed E-state index contributed by atoms with van der Waals surface area (Å²) in [4.78, 5) is 32.7. The van der Waals surface area contributed by atoms with Crippen LogP contribution in [0.25, 0.3) is 0 Å². The van der Waals surface area contributed by atoms with Crippen LogP contribution in [0.4, 0.5) is 0 Å². The standard InChI is InChI=1S/C17H25N3O2/c1-4-20(5-2)16(22)17(9-10-17)15(21)19(3)13-8-14-6-11-18-12-7-14/h6-7,11-12H,4-5,8-10,13H2,1-3H3. The van der Waals surface area contributed by atoms with Crippen molar-refractivity contribution in [1.82, 2.24) is 14.8 Å². The molecule has 0 bridgehead atoms. The highest BCUT2D eigenvalue weighted by Crippen LogP contribution is 2.48. The quantitative estimate of drug-likeness (QED) is 0.721. The van der Waals surface area contributed by atoms with E-state index in [4.69, 9.17) is 0 Å². The number of nitrogens with zero attached hydrogens (tertiary/aromatic N) is 3. The van der Waals surface area contributed by atoms with Crippen LogP contribution in [0, 0.1) is 5.41 Å². The van der Waals surface area contributed by atoms with Crippen LogP contribution >= 0.6 is 0 Å². The molecule has 1 saturated carbocycles. The first-order valence-electron chi connectivity index (χ1n) is 7.99. The van der Waals surface area contributed by atoms with E-state index in [1.54, 1.807) is 29.2 Å². The van der Waals surface area contributed by atoms with Crippen LogP contribution in [-0.2, 0) is 16.0 Å². The normalized spacial score (nSPS) is 15.2. The number of carbonyl (C=O) groups excluding carboxylic acids is 2. The second-order valence-electron chi connectivity index (χ2n) is 5.89. The van der Waals surface area contributed by atoms with E-state index in [9.17, 15) is 9.59 Å². The number of carbonyl (C=O) groups is 2. The zero-order chi connectivity index (χ0) is 16.2. The summed E-state index contributed by atoms with van der Waals surface area (Å²) in [6.45, 7) is 5.84. The van der Waals surface area contributed by atoms with E-state index in [2.05, 4.69) is 4.98 Å². The summed E-state index contributed by atoms with van der Waals surface area (Å²) in [5, 5.41) is 0. The summed E-state index contributed by atoms with van der Waals surface area (Å²) >= 11 is 0. The number of rotatable bonds is 7. The van der Waals surface area contributed by atoms with Gasteiger partial charge in [-0.25, -0.2) is 0 Å². The molecule has 1 aliphatic rings. The third-order valence-corrected chi connectivity index (χ3v) is 4.45. The maximum atomic E-state index is 12.7. The molecule has 5 heteroatoms. The Bertz CT molecular complexity index is 522. The van der Waals surface area contributed by atoms with Gasteiger partial charge in [0.1, 0.15) is 5.41 Å². The van der Waals surface area contributed by atoms with Gasteiger partial charge in [-0.3, -0.25) is 14.6 Å². The molecule has 22 heavy (non-hydrogen) atoms. The highest BCUT2D eigenvalue weighted by atomic mass is 16.2. The predicted molar refractivity (Wildman–Crippen MR) is 85.2 cm³/mol. The Labute approximate surface area is 132 Å². The molecule has 1 aliphatic carbocycles. The summed E-state index contributed by atoms with van der Waals surface area (Å²) in [7, 11) is 1.79. The number of hydrogen-bond donors (Lipinski definition) is 0. The molecule has 1 aromatic rings. The molecule has 2 rings (SSSR count). The molecular weight excluding hydrogens is 278 g/mol. The lowest BCUT2D eigenvalue weighted by molar-refractivity contribution is -0.148. The molecule has 1 fully saturated rings. The topological polar surface area (TPSA) is 53.5 Å². The minimum absolute atomic E-state index is 0.00161. The van der Waals surface area contributed by atoms with Crippen molar-refractivity contribution >= 4 is 11.8 Å². The van der Waals surface area contributed by atoms with Crippen molar-refractivity contribution in [1.29, 1.82) is 0 Å². The number of likely N-dealkylation sites (N-methyl/N-ethyl adjacent to an activating group) is 1. The largest absolute Gasteiger partial charge is 0.344 e. The van der Waals surface area contributed by atoms with Gasteiger partial charge in [0.25, 0.3) is 0 Å². The Morgan fingerprint density at radius 1 is 1.14 bits per heavy atom. The fourth-order valence-electron chi connectivity index (χ4n) is 2.77. The van der Waals surface area contributed by atoms with Gasteiger partial charge in [0, 0.05) is 39.1 Å². The first-order valence-corrected chi connectivity index (χ1v) is 7.99. The Kier molecular flexibility index (Phi) is 5.16. The van der Waals surface area contributed by atoms with Crippen LogP contribution in [0.5, 0.6) is 0 Å². The Hall–Kier alpha value is -1.91. The molecule has 0 atom stereocenters. The van der Waals surface area contributed by atoms with Crippen LogP contribution in [0.2, 0.25) is 0 Å². The van der Waals surface area contributed by atoms with Crippen LogP contribution < -0.4 is 0 Å². The maximum Gasteiger partial charge on any atom is 0.238 e. The molecule has 0 spiro atoms. The van der Waals surface area contributed by atoms with E-state index < -0.39 is 5.41 Å². The van der Waals surface area contributed by atoms with Crippen molar-refractivity contribution in [3.8, 4) is 0 Å². The van der Waals surface area contributed by atoms with Crippen molar-refractivity contribution in [2.45, 2.75) is 33.1 Å². The van der Waals surface area contributed by atoms with Crippen LogP contribution in [0.3, 0.4) is 0 Å². The first-order chi connectivity index (χ1) is 10.5. The van der Waals surface area contributed by atoms with E-state index in [-0.39, 0.29) is 11.8 Å². The van der Waals surface area contributed by atoms with E-state index in [1.807, 2.05) is 26.0 Å². The molecule has 0 unspecified atom stereocenters. The average molecular weight is 303 g/mol. The Balaban J connectivity index is 1.96. The fraction of sp³-hybridized carbons (Fsp3) is 0.588. The Morgan fingerprint density at radius 3 is 2.23 bits per heavy atom. The smallest absolute Gasteiger partial charge is 0.238 e. The lowest BCUT2D eigenvalue weighted by Crippen LogP contribution is -2.46. The molecular formula is C17H25N3O2. The monoisotopic (exact) mass is 303 g/mol. The Morgan fingerprint density at radius 2 is 1.73 bits per heavy atom. The molecule has 2 amide bonds. The van der Waals surface area contributed by atoms with Gasteiger partial charge in [-0.05, 0) is 50.8 Å². The molecule has 0 aliphatic heterocycles. The number of pyridine rings is 1. The summed E-state index contributed by atoms with van der Waals surface area (Å²) in [5.74, 6) is -0.0308. The summed E-state index contributed by atoms with van der Waals surface area (Å²) < 4.78 is 0. The molecule has 1 aromatic heterocycles. The lowest BCUT2D eigenvalue weighted by atomic mass is 10.0. The van der Waals surface area contributed by atoms with E-state index in [1.165, 1.54) is 0 Å². The van der Waals surface area contributed by atoms with E-state index in [0.717, 1.165) is 12.0 Å². The van der Waals surface area contributed by atoms with Crippen molar-refractivity contribution in [2.24, 2.45) is 5.41 Å². The molecule has 0 N–H and O–H groups in total. The lowest BCUT2D eigenvalue weighted by Gasteiger charge is -2.28. The third-order valence-electron chi connectivity index (χ3n) is 4.45. The van der Waals surface area contributed by atoms with Gasteiger partial charge >= 0.3 is 0 Å². The maximum absolute atomic E-state index is 12.7. The van der Waals surface area contributed by atoms with Crippen LogP contribution in [0.15, 0.2) is 24.5 Å². The zero-order valence-corrected chi connectivity index (χ0v) is 13.7. The van der Waals surface area contributed by atoms with E-state index >= 15 is 0 Å². The summed E-state index contributed by atoms with van der Waals surface area (Å²) in [6.07, 6.45) is 5.65. The molecule has 0 saturated heterocycles. The highest BCUT2D eigenvalue weighted by molar-refractivity contribution is 6.07. The molecule has 120 valence electrons. The fourth-order valence-corrected chi connectivity index (χ4v) is 2.77. The predicted octanol–water partition coefficient (Wildman–Crippen LogP) is 1.73. The van der Waals surface area contributed by atoms with Crippen molar-refractivity contribution < 1.29 is 9.59 Å². The molecule has 0 aromatic carbocycles. The second kappa shape index (κ2) is 6.90. The van der Waals surface area contributed by atoms with Gasteiger partial charge in [-0.2, -0.15) is 0 Å². The third kappa shape index (κ3) is 3.29. The van der Waals surface area contributed by atoms with E-state index in [0.29, 0.717) is 32.5 Å². The summed E-state index contributed by atoms with van der Waals surface area (Å²) in [5.41, 5.74) is 0.369. The number of aromatic nitrogens is 1. The van der Waals surface area contributed by atoms with Crippen LogP contribution in [0.1, 0.15) is 32.3 Å². The molecule has 1 heterocycles. The average Bonchev–Trinajstić information content (AvgIpc) is 3.35. The van der Waals surface area contributed by atoms with Crippen molar-refractivity contribution in [3.05, 3.63) is 30.1 Å². The van der Waals surface area contributed by atoms with Gasteiger partial charge < -0.3 is 9.80 Å². The minimum Gasteiger partial charge on any atom is -0.344 e. The minimum atomic E-state index is -0.779. The van der Waals surface area contributed by atoms with Crippen LogP contribution in [-0.4, -0.2) is 53.3 Å². The van der Waals surface area contributed by atoms with Gasteiger partial charge in [0.2, 0.25) is 11.8 Å². The highest BCUT2D eigenvalue weighted by Gasteiger charge is 2.58. The van der Waals surface area contributed by atoms with Gasteiger partial charge in [-0.1, -0.05) is 0 Å². The van der Waals surface area contributed by atoms with Gasteiger partial charge in [-0.15, -0.1) is 0 Å². The first kappa shape index (κ1) is 16.5. The number of hydrogen-bond acceptors (Lipinski definition) is 3. The van der Waals surface area contributed by atoms with Gasteiger partial charge in [0.15, 0.2) is 0 Å². The summed E-state index contributed by atoms with van der Waals surface area (Å²) in [6, 6.07) is 3.90. The van der Waals surface area contributed by atoms with Crippen molar-refractivity contribution in [2.75, 3.05) is 26.7 Å². The van der Waals surface area contributed by atoms with Gasteiger partial charge in [0.05, 0.1) is 0 Å². The SMILES string of the molecule is CCN(CC)C(=O)C1(C(=O)N(C)CCc2ccncc2)CC1. The molecule has 0 radical (unpaired) electrons.